The van der Waals surface area contributed by atoms with E-state index in [1.54, 1.807) is 18.3 Å². The fraction of sp³-hybridized carbons (Fsp3) is 0.615. The number of aryl methyl sites for hydroxylation is 1. The zero-order valence-electron chi connectivity index (χ0n) is 10.3. The summed E-state index contributed by atoms with van der Waals surface area (Å²) >= 11 is 1.60. The first kappa shape index (κ1) is 12.6. The van der Waals surface area contributed by atoms with Crippen LogP contribution >= 0.6 is 11.3 Å². The van der Waals surface area contributed by atoms with Crippen molar-refractivity contribution in [3.05, 3.63) is 21.4 Å². The standard InChI is InChI=1S/C13H19NO2S/c1-8-3-4-11-10(5-8)6-12(17-11)13(16)14-7-9(2)15/h6,8-9,15H,3-5,7H2,1-2H3,(H,14,16)/t8?,9-/m1/s1. The molecule has 17 heavy (non-hydrogen) atoms. The predicted molar refractivity (Wildman–Crippen MR) is 69.5 cm³/mol. The lowest BCUT2D eigenvalue weighted by atomic mass is 9.90. The molecule has 0 fully saturated rings. The van der Waals surface area contributed by atoms with Crippen molar-refractivity contribution in [1.29, 1.82) is 0 Å². The number of thiophene rings is 1. The second kappa shape index (κ2) is 5.19. The van der Waals surface area contributed by atoms with Crippen molar-refractivity contribution in [2.24, 2.45) is 5.92 Å². The van der Waals surface area contributed by atoms with Gasteiger partial charge in [0.05, 0.1) is 11.0 Å². The Labute approximate surface area is 106 Å². The highest BCUT2D eigenvalue weighted by molar-refractivity contribution is 7.14. The highest BCUT2D eigenvalue weighted by Gasteiger charge is 2.20. The summed E-state index contributed by atoms with van der Waals surface area (Å²) in [6.07, 6.45) is 2.93. The zero-order chi connectivity index (χ0) is 12.4. The van der Waals surface area contributed by atoms with Crippen LogP contribution in [0.5, 0.6) is 0 Å². The second-order valence-corrected chi connectivity index (χ2v) is 6.10. The van der Waals surface area contributed by atoms with Gasteiger partial charge in [0.15, 0.2) is 0 Å². The zero-order valence-corrected chi connectivity index (χ0v) is 11.1. The summed E-state index contributed by atoms with van der Waals surface area (Å²) in [6, 6.07) is 2.02. The SMILES string of the molecule is CC1CCc2sc(C(=O)NC[C@@H](C)O)cc2C1. The molecular formula is C13H19NO2S. The Morgan fingerprint density at radius 3 is 3.18 bits per heavy atom. The summed E-state index contributed by atoms with van der Waals surface area (Å²) < 4.78 is 0. The van der Waals surface area contributed by atoms with E-state index in [0.717, 1.165) is 23.6 Å². The third-order valence-electron chi connectivity index (χ3n) is 3.11. The summed E-state index contributed by atoms with van der Waals surface area (Å²) in [6.45, 7) is 4.24. The number of nitrogens with one attached hydrogen (secondary N) is 1. The molecule has 94 valence electrons. The van der Waals surface area contributed by atoms with Gasteiger partial charge in [-0.1, -0.05) is 6.92 Å². The number of rotatable bonds is 3. The number of fused-ring (bicyclic) bond motifs is 1. The van der Waals surface area contributed by atoms with E-state index in [4.69, 9.17) is 5.11 Å². The molecule has 0 saturated heterocycles. The third kappa shape index (κ3) is 3.07. The average molecular weight is 253 g/mol. The molecule has 2 atom stereocenters. The van der Waals surface area contributed by atoms with Crippen LogP contribution in [0.3, 0.4) is 0 Å². The molecule has 0 bridgehead atoms. The molecule has 2 N–H and O–H groups in total. The van der Waals surface area contributed by atoms with Crippen LogP contribution in [0.2, 0.25) is 0 Å². The van der Waals surface area contributed by atoms with E-state index in [1.165, 1.54) is 16.9 Å². The Morgan fingerprint density at radius 2 is 2.47 bits per heavy atom. The Hall–Kier alpha value is -0.870. The van der Waals surface area contributed by atoms with Crippen molar-refractivity contribution in [2.45, 2.75) is 39.2 Å². The molecular weight excluding hydrogens is 234 g/mol. The molecule has 1 aromatic heterocycles. The van der Waals surface area contributed by atoms with Gasteiger partial charge >= 0.3 is 0 Å². The van der Waals surface area contributed by atoms with Crippen LogP contribution in [-0.2, 0) is 12.8 Å². The molecule has 1 heterocycles. The number of carbonyl (C=O) groups is 1. The monoisotopic (exact) mass is 253 g/mol. The van der Waals surface area contributed by atoms with Crippen molar-refractivity contribution in [3.8, 4) is 0 Å². The molecule has 0 spiro atoms. The molecule has 1 aliphatic carbocycles. The molecule has 0 aromatic carbocycles. The van der Waals surface area contributed by atoms with Gasteiger partial charge in [-0.25, -0.2) is 0 Å². The lowest BCUT2D eigenvalue weighted by Crippen LogP contribution is -2.29. The molecule has 2 rings (SSSR count). The Balaban J connectivity index is 2.05. The summed E-state index contributed by atoms with van der Waals surface area (Å²) in [5, 5.41) is 11.9. The van der Waals surface area contributed by atoms with Crippen LogP contribution in [0.15, 0.2) is 6.07 Å². The normalized spacial score (nSPS) is 20.8. The van der Waals surface area contributed by atoms with Crippen LogP contribution in [0.1, 0.15) is 40.4 Å². The predicted octanol–water partition coefficient (Wildman–Crippen LogP) is 1.98. The van der Waals surface area contributed by atoms with Crippen molar-refractivity contribution in [2.75, 3.05) is 6.54 Å². The van der Waals surface area contributed by atoms with Gasteiger partial charge in [-0.3, -0.25) is 4.79 Å². The van der Waals surface area contributed by atoms with E-state index >= 15 is 0 Å². The summed E-state index contributed by atoms with van der Waals surface area (Å²) in [7, 11) is 0. The van der Waals surface area contributed by atoms with E-state index in [1.807, 2.05) is 6.07 Å². The minimum Gasteiger partial charge on any atom is -0.392 e. The van der Waals surface area contributed by atoms with Crippen LogP contribution in [0, 0.1) is 5.92 Å². The fourth-order valence-corrected chi connectivity index (χ4v) is 3.27. The van der Waals surface area contributed by atoms with Gasteiger partial charge in [-0.2, -0.15) is 0 Å². The number of amides is 1. The van der Waals surface area contributed by atoms with E-state index in [9.17, 15) is 4.79 Å². The van der Waals surface area contributed by atoms with Gasteiger partial charge in [0.2, 0.25) is 0 Å². The van der Waals surface area contributed by atoms with E-state index < -0.39 is 6.10 Å². The smallest absolute Gasteiger partial charge is 0.261 e. The third-order valence-corrected chi connectivity index (χ3v) is 4.35. The van der Waals surface area contributed by atoms with Crippen LogP contribution in [0.4, 0.5) is 0 Å². The average Bonchev–Trinajstić information content (AvgIpc) is 2.68. The first-order chi connectivity index (χ1) is 8.06. The molecule has 1 aromatic rings. The first-order valence-corrected chi connectivity index (χ1v) is 6.95. The van der Waals surface area contributed by atoms with Crippen LogP contribution in [0.25, 0.3) is 0 Å². The number of carbonyl (C=O) groups excluding carboxylic acids is 1. The largest absolute Gasteiger partial charge is 0.392 e. The van der Waals surface area contributed by atoms with Gasteiger partial charge in [0.1, 0.15) is 0 Å². The topological polar surface area (TPSA) is 49.3 Å². The highest BCUT2D eigenvalue weighted by Crippen LogP contribution is 2.32. The lowest BCUT2D eigenvalue weighted by molar-refractivity contribution is 0.0928. The van der Waals surface area contributed by atoms with Gasteiger partial charge < -0.3 is 10.4 Å². The number of hydrogen-bond acceptors (Lipinski definition) is 3. The minimum absolute atomic E-state index is 0.0575. The van der Waals surface area contributed by atoms with Crippen molar-refractivity contribution in [1.82, 2.24) is 5.32 Å². The number of hydrogen-bond donors (Lipinski definition) is 2. The molecule has 3 nitrogen and oxygen atoms in total. The van der Waals surface area contributed by atoms with Gasteiger partial charge in [0.25, 0.3) is 5.91 Å². The van der Waals surface area contributed by atoms with E-state index in [-0.39, 0.29) is 5.91 Å². The van der Waals surface area contributed by atoms with Crippen LogP contribution < -0.4 is 5.32 Å². The molecule has 1 aliphatic rings. The maximum atomic E-state index is 11.8. The molecule has 0 radical (unpaired) electrons. The van der Waals surface area contributed by atoms with E-state index in [2.05, 4.69) is 12.2 Å². The fourth-order valence-electron chi connectivity index (χ4n) is 2.15. The minimum atomic E-state index is -0.492. The summed E-state index contributed by atoms with van der Waals surface area (Å²) in [5.74, 6) is 0.670. The van der Waals surface area contributed by atoms with Gasteiger partial charge in [-0.05, 0) is 43.7 Å². The van der Waals surface area contributed by atoms with Crippen molar-refractivity contribution in [3.63, 3.8) is 0 Å². The maximum absolute atomic E-state index is 11.8. The highest BCUT2D eigenvalue weighted by atomic mass is 32.1. The number of aliphatic hydroxyl groups excluding tert-OH is 1. The molecule has 0 aliphatic heterocycles. The van der Waals surface area contributed by atoms with Crippen molar-refractivity contribution < 1.29 is 9.90 Å². The van der Waals surface area contributed by atoms with Gasteiger partial charge in [-0.15, -0.1) is 11.3 Å². The quantitative estimate of drug-likeness (QED) is 0.865. The number of aliphatic hydroxyl groups is 1. The maximum Gasteiger partial charge on any atom is 0.261 e. The molecule has 1 unspecified atom stereocenters. The Kier molecular flexibility index (Phi) is 3.84. The molecule has 4 heteroatoms. The Bertz CT molecular complexity index is 412. The van der Waals surface area contributed by atoms with Gasteiger partial charge in [0, 0.05) is 11.4 Å². The Morgan fingerprint density at radius 1 is 1.71 bits per heavy atom. The summed E-state index contributed by atoms with van der Waals surface area (Å²) in [5.41, 5.74) is 1.34. The van der Waals surface area contributed by atoms with Crippen molar-refractivity contribution >= 4 is 17.2 Å². The summed E-state index contributed by atoms with van der Waals surface area (Å²) in [4.78, 5) is 14.0. The molecule has 1 amide bonds. The van der Waals surface area contributed by atoms with E-state index in [0.29, 0.717) is 6.54 Å². The second-order valence-electron chi connectivity index (χ2n) is 4.97. The van der Waals surface area contributed by atoms with Crippen LogP contribution in [-0.4, -0.2) is 23.7 Å². The first-order valence-electron chi connectivity index (χ1n) is 6.14. The lowest BCUT2D eigenvalue weighted by Gasteiger charge is -2.16. The molecule has 0 saturated carbocycles.